The SMILES string of the molecule is CC1CC2CC(=NO)CC1N(C)C2. The van der Waals surface area contributed by atoms with Gasteiger partial charge in [0.05, 0.1) is 5.71 Å². The third kappa shape index (κ3) is 1.57. The minimum atomic E-state index is 0.602. The molecule has 1 aliphatic carbocycles. The number of fused-ring (bicyclic) bond motifs is 4. The third-order valence-electron chi connectivity index (χ3n) is 3.58. The summed E-state index contributed by atoms with van der Waals surface area (Å²) in [4.78, 5) is 2.43. The molecule has 2 saturated heterocycles. The highest BCUT2D eigenvalue weighted by Crippen LogP contribution is 2.34. The summed E-state index contributed by atoms with van der Waals surface area (Å²) in [5, 5.41) is 12.2. The maximum absolute atomic E-state index is 8.82. The van der Waals surface area contributed by atoms with Crippen molar-refractivity contribution in [1.29, 1.82) is 0 Å². The molecule has 3 atom stereocenters. The zero-order valence-electron chi connectivity index (χ0n) is 8.40. The van der Waals surface area contributed by atoms with Crippen molar-refractivity contribution < 1.29 is 5.21 Å². The van der Waals surface area contributed by atoms with E-state index in [1.807, 2.05) is 0 Å². The first-order valence-corrected chi connectivity index (χ1v) is 5.10. The molecule has 0 aromatic carbocycles. The van der Waals surface area contributed by atoms with E-state index in [0.29, 0.717) is 12.0 Å². The van der Waals surface area contributed by atoms with Crippen molar-refractivity contribution in [2.24, 2.45) is 17.0 Å². The molecule has 13 heavy (non-hydrogen) atoms. The number of hydrogen-bond donors (Lipinski definition) is 1. The van der Waals surface area contributed by atoms with Crippen molar-refractivity contribution in [3.63, 3.8) is 0 Å². The molecule has 3 fully saturated rings. The Labute approximate surface area is 79.4 Å². The summed E-state index contributed by atoms with van der Waals surface area (Å²) < 4.78 is 0. The lowest BCUT2D eigenvalue weighted by Crippen LogP contribution is -2.43. The van der Waals surface area contributed by atoms with E-state index in [1.54, 1.807) is 0 Å². The smallest absolute Gasteiger partial charge is 0.0589 e. The van der Waals surface area contributed by atoms with E-state index >= 15 is 0 Å². The van der Waals surface area contributed by atoms with Crippen molar-refractivity contribution in [1.82, 2.24) is 4.90 Å². The summed E-state index contributed by atoms with van der Waals surface area (Å²) in [5.74, 6) is 1.47. The second-order valence-corrected chi connectivity index (χ2v) is 4.66. The predicted molar refractivity (Wildman–Crippen MR) is 52.1 cm³/mol. The highest BCUT2D eigenvalue weighted by Gasteiger charge is 2.36. The quantitative estimate of drug-likeness (QED) is 0.456. The summed E-state index contributed by atoms with van der Waals surface area (Å²) in [7, 11) is 2.19. The largest absolute Gasteiger partial charge is 0.411 e. The van der Waals surface area contributed by atoms with Crippen molar-refractivity contribution in [2.45, 2.75) is 32.2 Å². The van der Waals surface area contributed by atoms with Crippen LogP contribution in [-0.4, -0.2) is 35.5 Å². The van der Waals surface area contributed by atoms with Gasteiger partial charge in [0.25, 0.3) is 0 Å². The molecule has 3 aliphatic rings. The lowest BCUT2D eigenvalue weighted by atomic mass is 9.86. The number of nitrogens with zero attached hydrogens (tertiary/aromatic N) is 2. The van der Waals surface area contributed by atoms with Gasteiger partial charge in [0.15, 0.2) is 0 Å². The lowest BCUT2D eigenvalue weighted by Gasteiger charge is -2.38. The minimum absolute atomic E-state index is 0.602. The summed E-state index contributed by atoms with van der Waals surface area (Å²) >= 11 is 0. The van der Waals surface area contributed by atoms with Crippen molar-refractivity contribution in [3.8, 4) is 0 Å². The van der Waals surface area contributed by atoms with E-state index in [2.05, 4.69) is 24.0 Å². The third-order valence-corrected chi connectivity index (χ3v) is 3.58. The van der Waals surface area contributed by atoms with E-state index in [4.69, 9.17) is 5.21 Å². The Morgan fingerprint density at radius 3 is 2.85 bits per heavy atom. The molecule has 0 aromatic heterocycles. The van der Waals surface area contributed by atoms with E-state index in [1.165, 1.54) is 13.0 Å². The lowest BCUT2D eigenvalue weighted by molar-refractivity contribution is 0.106. The monoisotopic (exact) mass is 182 g/mol. The van der Waals surface area contributed by atoms with E-state index in [-0.39, 0.29) is 0 Å². The molecule has 2 heterocycles. The highest BCUT2D eigenvalue weighted by atomic mass is 16.4. The minimum Gasteiger partial charge on any atom is -0.411 e. The molecule has 0 aromatic rings. The second kappa shape index (κ2) is 3.29. The Balaban J connectivity index is 2.21. The number of rotatable bonds is 0. The van der Waals surface area contributed by atoms with Gasteiger partial charge in [-0.3, -0.25) is 0 Å². The standard InChI is InChI=1S/C10H18N2O/c1-7-3-8-4-9(11-13)5-10(7)12(2)6-8/h7-8,10,13H,3-6H2,1-2H3. The zero-order valence-corrected chi connectivity index (χ0v) is 8.40. The Hall–Kier alpha value is -0.570. The Morgan fingerprint density at radius 2 is 2.23 bits per heavy atom. The number of oxime groups is 1. The van der Waals surface area contributed by atoms with Crippen molar-refractivity contribution in [3.05, 3.63) is 0 Å². The summed E-state index contributed by atoms with van der Waals surface area (Å²) in [6.07, 6.45) is 3.26. The molecule has 3 unspecified atom stereocenters. The molecule has 0 spiro atoms. The summed E-state index contributed by atoms with van der Waals surface area (Å²) in [6, 6.07) is 0.602. The zero-order chi connectivity index (χ0) is 9.42. The van der Waals surface area contributed by atoms with Crippen LogP contribution in [0.5, 0.6) is 0 Å². The molecule has 74 valence electrons. The fourth-order valence-electron chi connectivity index (χ4n) is 2.98. The maximum atomic E-state index is 8.82. The van der Waals surface area contributed by atoms with Crippen LogP contribution in [0.2, 0.25) is 0 Å². The predicted octanol–water partition coefficient (Wildman–Crippen LogP) is 1.57. The average Bonchev–Trinajstić information content (AvgIpc) is 2.32. The van der Waals surface area contributed by atoms with Crippen LogP contribution in [0.4, 0.5) is 0 Å². The van der Waals surface area contributed by atoms with Gasteiger partial charge in [-0.1, -0.05) is 12.1 Å². The molecular formula is C10H18N2O. The summed E-state index contributed by atoms with van der Waals surface area (Å²) in [5.41, 5.74) is 1.00. The molecule has 0 radical (unpaired) electrons. The van der Waals surface area contributed by atoms with Crippen LogP contribution in [0.15, 0.2) is 5.16 Å². The van der Waals surface area contributed by atoms with Gasteiger partial charge < -0.3 is 10.1 Å². The number of piperidine rings is 1. The fraction of sp³-hybridized carbons (Fsp3) is 0.900. The first-order chi connectivity index (χ1) is 6.20. The number of hydrogen-bond acceptors (Lipinski definition) is 3. The van der Waals surface area contributed by atoms with Gasteiger partial charge in [0.1, 0.15) is 0 Å². The van der Waals surface area contributed by atoms with Gasteiger partial charge in [0, 0.05) is 19.0 Å². The van der Waals surface area contributed by atoms with Gasteiger partial charge in [-0.25, -0.2) is 0 Å². The molecule has 2 bridgehead atoms. The molecule has 1 N–H and O–H groups in total. The molecule has 1 saturated carbocycles. The normalized spacial score (nSPS) is 43.8. The van der Waals surface area contributed by atoms with Gasteiger partial charge in [-0.05, 0) is 31.7 Å². The molecule has 0 amide bonds. The van der Waals surface area contributed by atoms with Crippen LogP contribution >= 0.6 is 0 Å². The first-order valence-electron chi connectivity index (χ1n) is 5.10. The van der Waals surface area contributed by atoms with Gasteiger partial charge in [-0.15, -0.1) is 0 Å². The topological polar surface area (TPSA) is 35.8 Å². The van der Waals surface area contributed by atoms with Crippen molar-refractivity contribution in [2.75, 3.05) is 13.6 Å². The van der Waals surface area contributed by atoms with E-state index in [0.717, 1.165) is 24.5 Å². The molecule has 2 aliphatic heterocycles. The average molecular weight is 182 g/mol. The van der Waals surface area contributed by atoms with Gasteiger partial charge in [0.2, 0.25) is 0 Å². The van der Waals surface area contributed by atoms with E-state index < -0.39 is 0 Å². The summed E-state index contributed by atoms with van der Waals surface area (Å²) in [6.45, 7) is 3.49. The Bertz CT molecular complexity index is 215. The molecular weight excluding hydrogens is 164 g/mol. The molecule has 3 heteroatoms. The van der Waals surface area contributed by atoms with Crippen LogP contribution in [0.3, 0.4) is 0 Å². The van der Waals surface area contributed by atoms with Crippen molar-refractivity contribution >= 4 is 5.71 Å². The first kappa shape index (κ1) is 9.00. The van der Waals surface area contributed by atoms with E-state index in [9.17, 15) is 0 Å². The molecule has 3 nitrogen and oxygen atoms in total. The fourth-order valence-corrected chi connectivity index (χ4v) is 2.98. The highest BCUT2D eigenvalue weighted by molar-refractivity contribution is 5.85. The Morgan fingerprint density at radius 1 is 1.46 bits per heavy atom. The maximum Gasteiger partial charge on any atom is 0.0589 e. The van der Waals surface area contributed by atoms with Gasteiger partial charge in [-0.2, -0.15) is 0 Å². The van der Waals surface area contributed by atoms with Crippen LogP contribution in [-0.2, 0) is 0 Å². The van der Waals surface area contributed by atoms with Crippen LogP contribution in [0.1, 0.15) is 26.2 Å². The van der Waals surface area contributed by atoms with Gasteiger partial charge >= 0.3 is 0 Å². The van der Waals surface area contributed by atoms with Crippen LogP contribution < -0.4 is 0 Å². The second-order valence-electron chi connectivity index (χ2n) is 4.66. The molecule has 3 rings (SSSR count). The van der Waals surface area contributed by atoms with Crippen LogP contribution in [0, 0.1) is 11.8 Å². The van der Waals surface area contributed by atoms with Crippen LogP contribution in [0.25, 0.3) is 0 Å². The Kier molecular flexibility index (Phi) is 2.28.